The average Bonchev–Trinajstić information content (AvgIpc) is 3.12. The summed E-state index contributed by atoms with van der Waals surface area (Å²) in [4.78, 5) is 15.7. The van der Waals surface area contributed by atoms with E-state index in [1.54, 1.807) is 6.92 Å². The minimum absolute atomic E-state index is 0.103. The first-order valence-corrected chi connectivity index (χ1v) is 10.6. The van der Waals surface area contributed by atoms with E-state index in [0.717, 1.165) is 34.4 Å². The molecule has 1 aromatic heterocycles. The Hall–Kier alpha value is -2.33. The van der Waals surface area contributed by atoms with E-state index in [1.807, 2.05) is 60.7 Å². The normalized spacial score (nSPS) is 10.7. The first-order chi connectivity index (χ1) is 13.4. The Morgan fingerprint density at radius 2 is 1.39 bits per heavy atom. The molecule has 0 fully saturated rings. The van der Waals surface area contributed by atoms with E-state index in [2.05, 4.69) is 32.7 Å². The number of oxazole rings is 1. The zero-order valence-electron chi connectivity index (χ0n) is 17.3. The highest BCUT2D eigenvalue weighted by Crippen LogP contribution is 2.35. The maximum atomic E-state index is 11.2. The molecule has 0 saturated heterocycles. The minimum Gasteiger partial charge on any atom is -0.431 e. The van der Waals surface area contributed by atoms with Crippen LogP contribution in [0.4, 0.5) is 0 Å². The van der Waals surface area contributed by atoms with Crippen LogP contribution in [0.3, 0.4) is 0 Å². The van der Waals surface area contributed by atoms with Gasteiger partial charge in [-0.2, -0.15) is 0 Å². The summed E-state index contributed by atoms with van der Waals surface area (Å²) in [5.41, 5.74) is 2.78. The Bertz CT molecular complexity index is 792. The fourth-order valence-electron chi connectivity index (χ4n) is 2.10. The highest BCUT2D eigenvalue weighted by atomic mass is 32.2. The summed E-state index contributed by atoms with van der Waals surface area (Å²) in [6, 6.07) is 19.8. The van der Waals surface area contributed by atoms with Crippen LogP contribution in [0.2, 0.25) is 0 Å². The molecular weight excluding hydrogens is 366 g/mol. The molecule has 0 saturated carbocycles. The van der Waals surface area contributed by atoms with Gasteiger partial charge in [0.15, 0.2) is 5.76 Å². The highest BCUT2D eigenvalue weighted by Gasteiger charge is 2.17. The van der Waals surface area contributed by atoms with E-state index >= 15 is 0 Å². The Morgan fingerprint density at radius 3 is 1.86 bits per heavy atom. The molecule has 0 radical (unpaired) electrons. The van der Waals surface area contributed by atoms with Gasteiger partial charge < -0.3 is 4.42 Å². The molecule has 148 valence electrons. The zero-order valence-corrected chi connectivity index (χ0v) is 18.1. The number of benzene rings is 2. The number of hydrogen-bond donors (Lipinski definition) is 0. The van der Waals surface area contributed by atoms with Gasteiger partial charge in [0.25, 0.3) is 5.22 Å². The lowest BCUT2D eigenvalue weighted by Gasteiger charge is -2.05. The number of Topliss-reactive ketones (excluding diaryl/α,β-unsaturated/α-hetero) is 1. The lowest BCUT2D eigenvalue weighted by Crippen LogP contribution is -1.95. The molecule has 28 heavy (non-hydrogen) atoms. The van der Waals surface area contributed by atoms with Crippen molar-refractivity contribution in [1.29, 1.82) is 0 Å². The third kappa shape index (κ3) is 6.68. The summed E-state index contributed by atoms with van der Waals surface area (Å²) in [7, 11) is 0. The number of hydrogen-bond acceptors (Lipinski definition) is 4. The van der Waals surface area contributed by atoms with Gasteiger partial charge >= 0.3 is 0 Å². The van der Waals surface area contributed by atoms with E-state index in [0.29, 0.717) is 11.0 Å². The lowest BCUT2D eigenvalue weighted by molar-refractivity contribution is -0.114. The second-order valence-corrected chi connectivity index (χ2v) is 8.29. The van der Waals surface area contributed by atoms with Gasteiger partial charge in [-0.25, -0.2) is 4.98 Å². The maximum Gasteiger partial charge on any atom is 0.257 e. The largest absolute Gasteiger partial charge is 0.431 e. The Kier molecular flexibility index (Phi) is 8.52. The van der Waals surface area contributed by atoms with Crippen molar-refractivity contribution in [3.8, 4) is 22.6 Å². The molecule has 0 amide bonds. The predicted octanol–water partition coefficient (Wildman–Crippen LogP) is 6.99. The fourth-order valence-corrected chi connectivity index (χ4v) is 2.73. The van der Waals surface area contributed by atoms with E-state index in [-0.39, 0.29) is 5.78 Å². The monoisotopic (exact) mass is 395 g/mol. The van der Waals surface area contributed by atoms with Crippen LogP contribution >= 0.6 is 11.8 Å². The predicted molar refractivity (Wildman–Crippen MR) is 118 cm³/mol. The molecule has 0 aliphatic rings. The van der Waals surface area contributed by atoms with Crippen molar-refractivity contribution in [2.45, 2.75) is 39.8 Å². The van der Waals surface area contributed by atoms with Crippen molar-refractivity contribution in [2.24, 2.45) is 11.8 Å². The summed E-state index contributed by atoms with van der Waals surface area (Å²) in [6.45, 7) is 10.5. The molecule has 0 spiro atoms. The molecule has 2 aromatic carbocycles. The zero-order chi connectivity index (χ0) is 20.5. The maximum absolute atomic E-state index is 11.2. The SMILES string of the molecule is CC(=O)CSc1nc(-c2ccccc2)c(-c2ccccc2)o1.CC(C)C(C)C. The quantitative estimate of drug-likeness (QED) is 0.422. The Morgan fingerprint density at radius 1 is 0.893 bits per heavy atom. The smallest absolute Gasteiger partial charge is 0.257 e. The molecular formula is C24H29NO2S. The summed E-state index contributed by atoms with van der Waals surface area (Å²) in [5.74, 6) is 2.90. The average molecular weight is 396 g/mol. The fraction of sp³-hybridized carbons (Fsp3) is 0.333. The standard InChI is InChI=1S/C18H15NO2S.C6H14/c1-13(20)12-22-18-19-16(14-8-4-2-5-9-14)17(21-18)15-10-6-3-7-11-15;1-5(2)6(3)4/h2-11H,12H2,1H3;5-6H,1-4H3. The van der Waals surface area contributed by atoms with E-state index in [1.165, 1.54) is 11.8 Å². The van der Waals surface area contributed by atoms with Crippen molar-refractivity contribution in [3.63, 3.8) is 0 Å². The van der Waals surface area contributed by atoms with Crippen molar-refractivity contribution in [3.05, 3.63) is 60.7 Å². The second kappa shape index (κ2) is 10.9. The van der Waals surface area contributed by atoms with Gasteiger partial charge in [-0.3, -0.25) is 4.79 Å². The first kappa shape index (κ1) is 22.0. The molecule has 0 unspecified atom stereocenters. The Labute approximate surface area is 172 Å². The van der Waals surface area contributed by atoms with Gasteiger partial charge in [-0.05, 0) is 18.8 Å². The number of carbonyl (C=O) groups is 1. The summed E-state index contributed by atoms with van der Waals surface area (Å²) < 4.78 is 5.91. The molecule has 0 atom stereocenters. The number of aromatic nitrogens is 1. The molecule has 0 aliphatic carbocycles. The van der Waals surface area contributed by atoms with Crippen LogP contribution in [-0.4, -0.2) is 16.5 Å². The lowest BCUT2D eigenvalue weighted by atomic mass is 10.0. The van der Waals surface area contributed by atoms with E-state index in [4.69, 9.17) is 4.42 Å². The van der Waals surface area contributed by atoms with E-state index in [9.17, 15) is 4.79 Å². The van der Waals surface area contributed by atoms with Crippen LogP contribution in [0.1, 0.15) is 34.6 Å². The van der Waals surface area contributed by atoms with Gasteiger partial charge in [0.1, 0.15) is 11.5 Å². The molecule has 3 rings (SSSR count). The minimum atomic E-state index is 0.103. The van der Waals surface area contributed by atoms with Crippen LogP contribution in [0, 0.1) is 11.8 Å². The van der Waals surface area contributed by atoms with Crippen molar-refractivity contribution >= 4 is 17.5 Å². The number of nitrogens with zero attached hydrogens (tertiary/aromatic N) is 1. The van der Waals surface area contributed by atoms with Crippen molar-refractivity contribution < 1.29 is 9.21 Å². The first-order valence-electron chi connectivity index (χ1n) is 9.62. The highest BCUT2D eigenvalue weighted by molar-refractivity contribution is 7.99. The molecule has 0 bridgehead atoms. The van der Waals surface area contributed by atoms with Crippen LogP contribution in [0.25, 0.3) is 22.6 Å². The van der Waals surface area contributed by atoms with Crippen molar-refractivity contribution in [2.75, 3.05) is 5.75 Å². The van der Waals surface area contributed by atoms with Gasteiger partial charge in [-0.1, -0.05) is 100 Å². The number of carbonyl (C=O) groups excluding carboxylic acids is 1. The van der Waals surface area contributed by atoms with Crippen LogP contribution in [0.15, 0.2) is 70.3 Å². The third-order valence-electron chi connectivity index (χ3n) is 4.42. The van der Waals surface area contributed by atoms with Gasteiger partial charge in [0, 0.05) is 11.1 Å². The molecule has 4 heteroatoms. The van der Waals surface area contributed by atoms with Crippen molar-refractivity contribution in [1.82, 2.24) is 4.98 Å². The Balaban J connectivity index is 0.000000409. The summed E-state index contributed by atoms with van der Waals surface area (Å²) in [6.07, 6.45) is 0. The van der Waals surface area contributed by atoms with Crippen LogP contribution in [0.5, 0.6) is 0 Å². The molecule has 1 heterocycles. The summed E-state index contributed by atoms with van der Waals surface area (Å²) in [5, 5.41) is 0.521. The topological polar surface area (TPSA) is 43.1 Å². The number of rotatable bonds is 6. The molecule has 0 aliphatic heterocycles. The third-order valence-corrected chi connectivity index (χ3v) is 5.40. The summed E-state index contributed by atoms with van der Waals surface area (Å²) >= 11 is 1.33. The second-order valence-electron chi connectivity index (χ2n) is 7.37. The molecule has 3 nitrogen and oxygen atoms in total. The van der Waals surface area contributed by atoms with Gasteiger partial charge in [0.2, 0.25) is 0 Å². The molecule has 3 aromatic rings. The van der Waals surface area contributed by atoms with Crippen LogP contribution < -0.4 is 0 Å². The van der Waals surface area contributed by atoms with Gasteiger partial charge in [-0.15, -0.1) is 0 Å². The molecule has 0 N–H and O–H groups in total. The van der Waals surface area contributed by atoms with E-state index < -0.39 is 0 Å². The number of ketones is 1. The van der Waals surface area contributed by atoms with Crippen LogP contribution in [-0.2, 0) is 4.79 Å². The van der Waals surface area contributed by atoms with Gasteiger partial charge in [0.05, 0.1) is 5.75 Å². The number of thioether (sulfide) groups is 1.